The largest absolute Gasteiger partial charge is 0.373 e. The van der Waals surface area contributed by atoms with Gasteiger partial charge >= 0.3 is 0 Å². The van der Waals surface area contributed by atoms with Crippen LogP contribution in [0.4, 0.5) is 5.69 Å². The number of amides is 1. The summed E-state index contributed by atoms with van der Waals surface area (Å²) in [5, 5.41) is 7.17. The second-order valence-electron chi connectivity index (χ2n) is 5.37. The third-order valence-electron chi connectivity index (χ3n) is 3.42. The molecule has 2 aromatic rings. The number of carbonyl (C=O) groups is 1. The van der Waals surface area contributed by atoms with E-state index in [0.29, 0.717) is 23.1 Å². The molecule has 0 fully saturated rings. The van der Waals surface area contributed by atoms with Crippen LogP contribution in [-0.4, -0.2) is 23.6 Å². The standard InChI is InChI=1S/C18H21ClN4OS/c1-2-20-18(25)23-22-17(24)16(12-13-6-4-3-5-7-13)21-15-10-8-14(19)9-11-15/h3-11,16,21H,2,12H2,1H3,(H,22,24)(H2,20,23,25)/t16-/m1/s1. The SMILES string of the molecule is CCNC(=S)NNC(=O)[C@@H](Cc1ccccc1)Nc1ccc(Cl)cc1. The molecule has 1 atom stereocenters. The van der Waals surface area contributed by atoms with Gasteiger partial charge in [-0.1, -0.05) is 41.9 Å². The Hall–Kier alpha value is -2.31. The van der Waals surface area contributed by atoms with Crippen molar-refractivity contribution in [1.82, 2.24) is 16.2 Å². The Morgan fingerprint density at radius 3 is 2.40 bits per heavy atom. The molecule has 5 nitrogen and oxygen atoms in total. The lowest BCUT2D eigenvalue weighted by atomic mass is 10.1. The van der Waals surface area contributed by atoms with Crippen LogP contribution in [0.5, 0.6) is 0 Å². The van der Waals surface area contributed by atoms with Gasteiger partial charge in [0, 0.05) is 23.7 Å². The van der Waals surface area contributed by atoms with E-state index >= 15 is 0 Å². The van der Waals surface area contributed by atoms with Gasteiger partial charge in [0.1, 0.15) is 6.04 Å². The van der Waals surface area contributed by atoms with Crippen molar-refractivity contribution in [1.29, 1.82) is 0 Å². The molecule has 0 aliphatic rings. The molecule has 0 aliphatic carbocycles. The normalized spacial score (nSPS) is 11.3. The molecule has 0 saturated carbocycles. The maximum absolute atomic E-state index is 12.6. The Morgan fingerprint density at radius 1 is 1.08 bits per heavy atom. The van der Waals surface area contributed by atoms with Crippen LogP contribution in [0.2, 0.25) is 5.02 Å². The number of anilines is 1. The van der Waals surface area contributed by atoms with Crippen molar-refractivity contribution in [2.45, 2.75) is 19.4 Å². The van der Waals surface area contributed by atoms with E-state index in [2.05, 4.69) is 21.5 Å². The summed E-state index contributed by atoms with van der Waals surface area (Å²) >= 11 is 11.0. The highest BCUT2D eigenvalue weighted by atomic mass is 35.5. The summed E-state index contributed by atoms with van der Waals surface area (Å²) in [5.74, 6) is -0.209. The molecule has 0 spiro atoms. The van der Waals surface area contributed by atoms with Crippen LogP contribution < -0.4 is 21.5 Å². The van der Waals surface area contributed by atoms with Crippen molar-refractivity contribution in [2.24, 2.45) is 0 Å². The predicted octanol–water partition coefficient (Wildman–Crippen LogP) is 2.88. The number of benzene rings is 2. The summed E-state index contributed by atoms with van der Waals surface area (Å²) < 4.78 is 0. The number of thiocarbonyl (C=S) groups is 1. The molecule has 0 bridgehead atoms. The number of carbonyl (C=O) groups excluding carboxylic acids is 1. The summed E-state index contributed by atoms with van der Waals surface area (Å²) in [6.07, 6.45) is 0.533. The third kappa shape index (κ3) is 6.60. The molecular formula is C18H21ClN4OS. The fourth-order valence-corrected chi connectivity index (χ4v) is 2.54. The van der Waals surface area contributed by atoms with Crippen molar-refractivity contribution >= 4 is 40.5 Å². The van der Waals surface area contributed by atoms with Crippen LogP contribution in [0.25, 0.3) is 0 Å². The molecule has 0 aromatic heterocycles. The monoisotopic (exact) mass is 376 g/mol. The highest BCUT2D eigenvalue weighted by Gasteiger charge is 2.19. The second kappa shape index (κ2) is 9.86. The first-order valence-corrected chi connectivity index (χ1v) is 8.77. The first-order chi connectivity index (χ1) is 12.1. The number of hydrogen-bond acceptors (Lipinski definition) is 3. The number of halogens is 1. The lowest BCUT2D eigenvalue weighted by Gasteiger charge is -2.20. The topological polar surface area (TPSA) is 65.2 Å². The van der Waals surface area contributed by atoms with Gasteiger partial charge in [-0.15, -0.1) is 0 Å². The Kier molecular flexibility index (Phi) is 7.50. The van der Waals surface area contributed by atoms with Gasteiger partial charge in [-0.2, -0.15) is 0 Å². The van der Waals surface area contributed by atoms with Crippen molar-refractivity contribution < 1.29 is 4.79 Å². The Labute approximate surface area is 158 Å². The van der Waals surface area contributed by atoms with E-state index in [-0.39, 0.29) is 5.91 Å². The highest BCUT2D eigenvalue weighted by Crippen LogP contribution is 2.15. The summed E-state index contributed by atoms with van der Waals surface area (Å²) in [6, 6.07) is 16.6. The maximum Gasteiger partial charge on any atom is 0.261 e. The third-order valence-corrected chi connectivity index (χ3v) is 3.92. The average molecular weight is 377 g/mol. The van der Waals surface area contributed by atoms with Crippen LogP contribution in [0.1, 0.15) is 12.5 Å². The van der Waals surface area contributed by atoms with Gasteiger partial charge in [-0.3, -0.25) is 15.6 Å². The molecule has 0 heterocycles. The average Bonchev–Trinajstić information content (AvgIpc) is 2.62. The number of hydrazine groups is 1. The van der Waals surface area contributed by atoms with E-state index in [1.54, 1.807) is 12.1 Å². The molecular weight excluding hydrogens is 356 g/mol. The molecule has 2 rings (SSSR count). The van der Waals surface area contributed by atoms with E-state index in [0.717, 1.165) is 11.3 Å². The maximum atomic E-state index is 12.6. The van der Waals surface area contributed by atoms with Crippen molar-refractivity contribution in [3.8, 4) is 0 Å². The first-order valence-electron chi connectivity index (χ1n) is 7.98. The number of nitrogens with one attached hydrogen (secondary N) is 4. The molecule has 2 aromatic carbocycles. The van der Waals surface area contributed by atoms with Crippen LogP contribution in [0.3, 0.4) is 0 Å². The van der Waals surface area contributed by atoms with Crippen molar-refractivity contribution in [2.75, 3.05) is 11.9 Å². The Morgan fingerprint density at radius 2 is 1.76 bits per heavy atom. The molecule has 0 radical (unpaired) electrons. The Bertz CT molecular complexity index is 694. The van der Waals surface area contributed by atoms with Crippen molar-refractivity contribution in [3.05, 3.63) is 65.2 Å². The Balaban J connectivity index is 2.06. The number of hydrogen-bond donors (Lipinski definition) is 4. The molecule has 0 unspecified atom stereocenters. The smallest absolute Gasteiger partial charge is 0.261 e. The molecule has 0 aliphatic heterocycles. The molecule has 4 N–H and O–H groups in total. The van der Waals surface area contributed by atoms with Crippen LogP contribution in [0, 0.1) is 0 Å². The zero-order valence-electron chi connectivity index (χ0n) is 13.9. The van der Waals surface area contributed by atoms with Gasteiger partial charge in [-0.25, -0.2) is 0 Å². The molecule has 25 heavy (non-hydrogen) atoms. The van der Waals surface area contributed by atoms with E-state index in [1.807, 2.05) is 49.4 Å². The van der Waals surface area contributed by atoms with E-state index < -0.39 is 6.04 Å². The van der Waals surface area contributed by atoms with Gasteiger partial charge in [0.05, 0.1) is 0 Å². The minimum atomic E-state index is -0.472. The second-order valence-corrected chi connectivity index (χ2v) is 6.21. The minimum absolute atomic E-state index is 0.209. The summed E-state index contributed by atoms with van der Waals surface area (Å²) in [6.45, 7) is 2.61. The molecule has 1 amide bonds. The van der Waals surface area contributed by atoms with E-state index in [9.17, 15) is 4.79 Å². The van der Waals surface area contributed by atoms with Crippen LogP contribution in [0.15, 0.2) is 54.6 Å². The fourth-order valence-electron chi connectivity index (χ4n) is 2.22. The summed E-state index contributed by atoms with van der Waals surface area (Å²) in [4.78, 5) is 12.6. The quantitative estimate of drug-likeness (QED) is 0.461. The van der Waals surface area contributed by atoms with Gasteiger partial charge in [0.25, 0.3) is 5.91 Å². The highest BCUT2D eigenvalue weighted by molar-refractivity contribution is 7.80. The van der Waals surface area contributed by atoms with Gasteiger partial charge < -0.3 is 10.6 Å². The van der Waals surface area contributed by atoms with Crippen molar-refractivity contribution in [3.63, 3.8) is 0 Å². The lowest BCUT2D eigenvalue weighted by molar-refractivity contribution is -0.122. The van der Waals surface area contributed by atoms with E-state index in [4.69, 9.17) is 23.8 Å². The molecule has 7 heteroatoms. The fraction of sp³-hybridized carbons (Fsp3) is 0.222. The van der Waals surface area contributed by atoms with E-state index in [1.165, 1.54) is 0 Å². The van der Waals surface area contributed by atoms with Crippen LogP contribution in [-0.2, 0) is 11.2 Å². The zero-order valence-corrected chi connectivity index (χ0v) is 15.5. The summed E-state index contributed by atoms with van der Waals surface area (Å²) in [7, 11) is 0. The zero-order chi connectivity index (χ0) is 18.1. The predicted molar refractivity (Wildman–Crippen MR) is 107 cm³/mol. The lowest BCUT2D eigenvalue weighted by Crippen LogP contribution is -2.52. The molecule has 132 valence electrons. The summed E-state index contributed by atoms with van der Waals surface area (Å²) in [5.41, 5.74) is 7.21. The van der Waals surface area contributed by atoms with Gasteiger partial charge in [-0.05, 0) is 49.0 Å². The first kappa shape index (κ1) is 19.0. The number of rotatable bonds is 6. The van der Waals surface area contributed by atoms with Gasteiger partial charge in [0.15, 0.2) is 5.11 Å². The molecule has 0 saturated heterocycles. The van der Waals surface area contributed by atoms with Gasteiger partial charge in [0.2, 0.25) is 0 Å². The van der Waals surface area contributed by atoms with Crippen LogP contribution >= 0.6 is 23.8 Å². The minimum Gasteiger partial charge on any atom is -0.373 e.